The van der Waals surface area contributed by atoms with E-state index < -0.39 is 35.7 Å². The summed E-state index contributed by atoms with van der Waals surface area (Å²) in [7, 11) is 0. The molecule has 1 atom stereocenters. The van der Waals surface area contributed by atoms with Crippen LogP contribution in [0.2, 0.25) is 0 Å². The third-order valence-corrected chi connectivity index (χ3v) is 8.39. The fourth-order valence-electron chi connectivity index (χ4n) is 5.89. The molecule has 1 amide bonds. The number of tetrazole rings is 1. The quantitative estimate of drug-likeness (QED) is 0.256. The Kier molecular flexibility index (Phi) is 9.05. The molecule has 1 saturated heterocycles. The topological polar surface area (TPSA) is 111 Å². The monoisotopic (exact) mass is 647 g/mol. The van der Waals surface area contributed by atoms with Crippen molar-refractivity contribution in [3.8, 4) is 11.4 Å². The van der Waals surface area contributed by atoms with Gasteiger partial charge in [0.2, 0.25) is 5.82 Å². The standard InChI is InChI=1S/C33H33F4N9O/c1-22-45(19-26-27(33(35,36)37)11-6-12-28(26)34)21-30(32(47)46(22)20-29(38)24-8-3-2-4-9-24)44-15-13-43(14-16-44)18-23-7-5-10-25(17-23)31-39-41-42-40-31/h2-12,17,21,29H,1,13-16,18-20,38H2,(H,39,40,41,42)/t29-/m0/s1. The van der Waals surface area contributed by atoms with E-state index in [-0.39, 0.29) is 24.0 Å². The van der Waals surface area contributed by atoms with E-state index in [9.17, 15) is 22.4 Å². The smallest absolute Gasteiger partial charge is 0.363 e. The molecule has 3 heterocycles. The van der Waals surface area contributed by atoms with Gasteiger partial charge in [-0.1, -0.05) is 61.2 Å². The number of aromatic amines is 1. The molecule has 3 aromatic carbocycles. The van der Waals surface area contributed by atoms with Crippen LogP contribution in [-0.4, -0.2) is 78.9 Å². The van der Waals surface area contributed by atoms with E-state index >= 15 is 0 Å². The van der Waals surface area contributed by atoms with Gasteiger partial charge in [0.05, 0.1) is 12.1 Å². The number of carbonyl (C=O) groups is 1. The van der Waals surface area contributed by atoms with Crippen LogP contribution in [0.3, 0.4) is 0 Å². The highest BCUT2D eigenvalue weighted by molar-refractivity contribution is 5.95. The molecule has 2 aliphatic rings. The number of nitrogens with one attached hydrogen (secondary N) is 1. The van der Waals surface area contributed by atoms with E-state index in [0.29, 0.717) is 38.5 Å². The number of hydrogen-bond donors (Lipinski definition) is 2. The number of nitrogens with two attached hydrogens (primary N) is 1. The second-order valence-corrected chi connectivity index (χ2v) is 11.5. The number of amides is 1. The summed E-state index contributed by atoms with van der Waals surface area (Å²) in [6, 6.07) is 19.3. The van der Waals surface area contributed by atoms with Crippen LogP contribution in [-0.2, 0) is 24.1 Å². The van der Waals surface area contributed by atoms with Crippen LogP contribution >= 0.6 is 0 Å². The van der Waals surface area contributed by atoms with Gasteiger partial charge in [0.1, 0.15) is 17.3 Å². The molecule has 4 aromatic rings. The van der Waals surface area contributed by atoms with E-state index in [2.05, 4.69) is 32.1 Å². The average Bonchev–Trinajstić information content (AvgIpc) is 3.61. The van der Waals surface area contributed by atoms with Crippen LogP contribution in [0, 0.1) is 5.82 Å². The lowest BCUT2D eigenvalue weighted by Gasteiger charge is -2.43. The van der Waals surface area contributed by atoms with Crippen molar-refractivity contribution in [3.05, 3.63) is 125 Å². The Balaban J connectivity index is 1.23. The number of halogens is 4. The van der Waals surface area contributed by atoms with E-state index in [4.69, 9.17) is 5.73 Å². The first-order chi connectivity index (χ1) is 22.6. The molecule has 0 radical (unpaired) electrons. The van der Waals surface area contributed by atoms with E-state index in [1.165, 1.54) is 16.0 Å². The Morgan fingerprint density at radius 2 is 1.70 bits per heavy atom. The molecule has 2 aliphatic heterocycles. The van der Waals surface area contributed by atoms with E-state index in [1.54, 1.807) is 0 Å². The molecule has 3 N–H and O–H groups in total. The average molecular weight is 648 g/mol. The number of aromatic nitrogens is 4. The molecule has 6 rings (SSSR count). The van der Waals surface area contributed by atoms with Gasteiger partial charge in [0.15, 0.2) is 0 Å². The highest BCUT2D eigenvalue weighted by atomic mass is 19.4. The number of piperazine rings is 1. The summed E-state index contributed by atoms with van der Waals surface area (Å²) in [6.45, 7) is 6.43. The summed E-state index contributed by atoms with van der Waals surface area (Å²) in [4.78, 5) is 20.9. The first-order valence-corrected chi connectivity index (χ1v) is 15.0. The fraction of sp³-hybridized carbons (Fsp3) is 0.273. The molecule has 0 saturated carbocycles. The number of hydrogen-bond acceptors (Lipinski definition) is 8. The normalized spacial score (nSPS) is 16.9. The van der Waals surface area contributed by atoms with Crippen molar-refractivity contribution in [2.24, 2.45) is 5.73 Å². The predicted octanol–water partition coefficient (Wildman–Crippen LogP) is 4.50. The van der Waals surface area contributed by atoms with Crippen LogP contribution in [0.1, 0.15) is 28.3 Å². The summed E-state index contributed by atoms with van der Waals surface area (Å²) in [6.07, 6.45) is -3.29. The number of carbonyl (C=O) groups excluding carboxylic acids is 1. The molecule has 14 heteroatoms. The van der Waals surface area contributed by atoms with Crippen LogP contribution in [0.5, 0.6) is 0 Å². The molecule has 0 bridgehead atoms. The van der Waals surface area contributed by atoms with Crippen molar-refractivity contribution in [2.45, 2.75) is 25.3 Å². The Hall–Kier alpha value is -5.08. The van der Waals surface area contributed by atoms with Crippen LogP contribution in [0.4, 0.5) is 17.6 Å². The minimum Gasteiger partial charge on any atom is -0.363 e. The largest absolute Gasteiger partial charge is 0.416 e. The van der Waals surface area contributed by atoms with Crippen molar-refractivity contribution in [1.29, 1.82) is 0 Å². The van der Waals surface area contributed by atoms with Gasteiger partial charge in [0, 0.05) is 62.6 Å². The number of rotatable bonds is 9. The molecule has 0 unspecified atom stereocenters. The lowest BCUT2D eigenvalue weighted by molar-refractivity contribution is -0.139. The van der Waals surface area contributed by atoms with E-state index in [0.717, 1.165) is 34.9 Å². The Morgan fingerprint density at radius 3 is 2.40 bits per heavy atom. The molecule has 10 nitrogen and oxygen atoms in total. The fourth-order valence-corrected chi connectivity index (χ4v) is 5.89. The summed E-state index contributed by atoms with van der Waals surface area (Å²) in [5, 5.41) is 14.2. The zero-order valence-corrected chi connectivity index (χ0v) is 25.4. The molecular formula is C33H33F4N9O. The van der Waals surface area contributed by atoms with Crippen molar-refractivity contribution in [2.75, 3.05) is 32.7 Å². The summed E-state index contributed by atoms with van der Waals surface area (Å²) in [5.41, 5.74) is 7.83. The molecule has 0 aliphatic carbocycles. The lowest BCUT2D eigenvalue weighted by atomic mass is 10.0. The molecular weight excluding hydrogens is 614 g/mol. The third-order valence-electron chi connectivity index (χ3n) is 8.39. The maximum atomic E-state index is 14.9. The van der Waals surface area contributed by atoms with Gasteiger partial charge in [-0.2, -0.15) is 18.4 Å². The molecule has 47 heavy (non-hydrogen) atoms. The van der Waals surface area contributed by atoms with Gasteiger partial charge < -0.3 is 15.5 Å². The third kappa shape index (κ3) is 7.03. The zero-order valence-electron chi connectivity index (χ0n) is 25.4. The second-order valence-electron chi connectivity index (χ2n) is 11.5. The lowest BCUT2D eigenvalue weighted by Crippen LogP contribution is -2.52. The van der Waals surface area contributed by atoms with Gasteiger partial charge >= 0.3 is 6.18 Å². The minimum atomic E-state index is -4.77. The Morgan fingerprint density at radius 1 is 0.957 bits per heavy atom. The predicted molar refractivity (Wildman–Crippen MR) is 166 cm³/mol. The van der Waals surface area contributed by atoms with Crippen molar-refractivity contribution in [3.63, 3.8) is 0 Å². The second kappa shape index (κ2) is 13.3. The van der Waals surface area contributed by atoms with Crippen LogP contribution in [0.25, 0.3) is 11.4 Å². The van der Waals surface area contributed by atoms with Gasteiger partial charge in [-0.25, -0.2) is 4.39 Å². The summed E-state index contributed by atoms with van der Waals surface area (Å²) >= 11 is 0. The van der Waals surface area contributed by atoms with E-state index in [1.807, 2.05) is 59.5 Å². The highest BCUT2D eigenvalue weighted by Crippen LogP contribution is 2.35. The molecule has 1 aromatic heterocycles. The van der Waals surface area contributed by atoms with Crippen molar-refractivity contribution < 1.29 is 22.4 Å². The van der Waals surface area contributed by atoms with Crippen LogP contribution < -0.4 is 5.73 Å². The maximum Gasteiger partial charge on any atom is 0.416 e. The van der Waals surface area contributed by atoms with Gasteiger partial charge in [-0.05, 0) is 34.5 Å². The molecule has 0 spiro atoms. The summed E-state index contributed by atoms with van der Waals surface area (Å²) in [5.74, 6) is -0.756. The number of nitrogens with zero attached hydrogens (tertiary/aromatic N) is 7. The van der Waals surface area contributed by atoms with Gasteiger partial charge in [0.25, 0.3) is 5.91 Å². The maximum absolute atomic E-state index is 14.9. The van der Waals surface area contributed by atoms with Crippen molar-refractivity contribution >= 4 is 5.91 Å². The SMILES string of the molecule is C=C1N(Cc2c(F)cccc2C(F)(F)F)C=C(N2CCN(Cc3cccc(-c4nn[nH]n4)c3)CC2)C(=O)N1C[C@H](N)c1ccccc1. The van der Waals surface area contributed by atoms with Gasteiger partial charge in [-0.15, -0.1) is 10.2 Å². The summed E-state index contributed by atoms with van der Waals surface area (Å²) < 4.78 is 56.7. The zero-order chi connectivity index (χ0) is 33.1. The Labute approximate surface area is 268 Å². The van der Waals surface area contributed by atoms with Crippen LogP contribution in [0.15, 0.2) is 97.1 Å². The minimum absolute atomic E-state index is 0.0234. The van der Waals surface area contributed by atoms with Crippen molar-refractivity contribution in [1.82, 2.24) is 40.2 Å². The van der Waals surface area contributed by atoms with Gasteiger partial charge in [-0.3, -0.25) is 14.6 Å². The Bertz CT molecular complexity index is 1750. The highest BCUT2D eigenvalue weighted by Gasteiger charge is 2.38. The first kappa shape index (κ1) is 31.9. The number of benzene rings is 3. The number of H-pyrrole nitrogens is 1. The number of alkyl halides is 3. The molecule has 244 valence electrons. The molecule has 1 fully saturated rings. The first-order valence-electron chi connectivity index (χ1n) is 15.0.